The van der Waals surface area contributed by atoms with Crippen LogP contribution < -0.4 is 0 Å². The molecule has 0 aliphatic carbocycles. The second kappa shape index (κ2) is 9.57. The minimum Gasteiger partial charge on any atom is -0.394 e. The quantitative estimate of drug-likeness (QED) is 0.543. The first-order valence-electron chi connectivity index (χ1n) is 10.7. The van der Waals surface area contributed by atoms with E-state index >= 15 is 0 Å². The molecule has 2 aromatic rings. The van der Waals surface area contributed by atoms with Gasteiger partial charge in [0, 0.05) is 10.5 Å². The van der Waals surface area contributed by atoms with Crippen LogP contribution in [0.2, 0.25) is 0 Å². The normalized spacial score (nSPS) is 31.8. The van der Waals surface area contributed by atoms with Crippen LogP contribution in [0.1, 0.15) is 46.4 Å². The van der Waals surface area contributed by atoms with E-state index in [4.69, 9.17) is 9.84 Å². The molecule has 2 aliphatic rings. The SMILES string of the molecule is Cc1ccc([C@@H]2O[C@@H]([C@H](O)CO)[C@H](O)[C@H]2O)cc1CC1CCC(c2ccc(F)cc2)S1. The van der Waals surface area contributed by atoms with Crippen molar-refractivity contribution >= 4 is 11.8 Å². The van der Waals surface area contributed by atoms with Gasteiger partial charge in [0.15, 0.2) is 0 Å². The first-order valence-corrected chi connectivity index (χ1v) is 11.6. The lowest BCUT2D eigenvalue weighted by atomic mass is 9.94. The zero-order valence-electron chi connectivity index (χ0n) is 17.4. The molecule has 0 spiro atoms. The fraction of sp³-hybridized carbons (Fsp3) is 0.500. The summed E-state index contributed by atoms with van der Waals surface area (Å²) in [4.78, 5) is 0. The molecule has 168 valence electrons. The molecule has 0 bridgehead atoms. The average molecular weight is 449 g/mol. The Kier molecular flexibility index (Phi) is 7.01. The van der Waals surface area contributed by atoms with E-state index in [0.29, 0.717) is 10.5 Å². The van der Waals surface area contributed by atoms with Gasteiger partial charge in [-0.25, -0.2) is 4.39 Å². The molecule has 7 heteroatoms. The Bertz CT molecular complexity index is 892. The Hall–Kier alpha value is -1.48. The lowest BCUT2D eigenvalue weighted by Gasteiger charge is -2.19. The number of hydrogen-bond donors (Lipinski definition) is 4. The van der Waals surface area contributed by atoms with Gasteiger partial charge in [0.2, 0.25) is 0 Å². The van der Waals surface area contributed by atoms with Gasteiger partial charge in [0.25, 0.3) is 0 Å². The Morgan fingerprint density at radius 2 is 1.77 bits per heavy atom. The second-order valence-electron chi connectivity index (χ2n) is 8.52. The Labute approximate surface area is 185 Å². The third kappa shape index (κ3) is 4.82. The molecule has 5 nitrogen and oxygen atoms in total. The molecule has 0 amide bonds. The van der Waals surface area contributed by atoms with Gasteiger partial charge < -0.3 is 25.2 Å². The van der Waals surface area contributed by atoms with Gasteiger partial charge in [-0.2, -0.15) is 11.8 Å². The molecule has 2 fully saturated rings. The van der Waals surface area contributed by atoms with E-state index < -0.39 is 37.1 Å². The number of aliphatic hydroxyl groups excluding tert-OH is 4. The van der Waals surface area contributed by atoms with Crippen molar-refractivity contribution in [3.8, 4) is 0 Å². The molecule has 31 heavy (non-hydrogen) atoms. The Morgan fingerprint density at radius 1 is 1.06 bits per heavy atom. The van der Waals surface area contributed by atoms with Gasteiger partial charge in [-0.15, -0.1) is 0 Å². The third-order valence-electron chi connectivity index (χ3n) is 6.37. The highest BCUT2D eigenvalue weighted by molar-refractivity contribution is 8.00. The van der Waals surface area contributed by atoms with E-state index in [1.165, 1.54) is 12.1 Å². The van der Waals surface area contributed by atoms with Crippen molar-refractivity contribution in [3.05, 3.63) is 70.5 Å². The minimum absolute atomic E-state index is 0.217. The molecule has 2 aliphatic heterocycles. The van der Waals surface area contributed by atoms with Crippen LogP contribution in [0.25, 0.3) is 0 Å². The van der Waals surface area contributed by atoms with Crippen molar-refractivity contribution in [2.75, 3.05) is 6.61 Å². The highest BCUT2D eigenvalue weighted by atomic mass is 32.2. The largest absolute Gasteiger partial charge is 0.394 e. The molecule has 4 rings (SSSR count). The van der Waals surface area contributed by atoms with Crippen LogP contribution in [-0.2, 0) is 11.2 Å². The maximum Gasteiger partial charge on any atom is 0.123 e. The van der Waals surface area contributed by atoms with E-state index in [1.54, 1.807) is 0 Å². The van der Waals surface area contributed by atoms with Gasteiger partial charge in [-0.05, 0) is 60.6 Å². The molecular formula is C24H29FO5S. The number of hydrogen-bond acceptors (Lipinski definition) is 6. The first-order chi connectivity index (χ1) is 14.9. The second-order valence-corrected chi connectivity index (χ2v) is 10.0. The highest BCUT2D eigenvalue weighted by Gasteiger charge is 2.46. The zero-order chi connectivity index (χ0) is 22.1. The van der Waals surface area contributed by atoms with Crippen molar-refractivity contribution in [2.45, 2.75) is 67.2 Å². The third-order valence-corrected chi connectivity index (χ3v) is 7.99. The van der Waals surface area contributed by atoms with Crippen LogP contribution in [0.4, 0.5) is 4.39 Å². The average Bonchev–Trinajstić information content (AvgIpc) is 3.35. The standard InChI is InChI=1S/C24H29FO5S/c1-13-2-3-15(23-21(28)22(29)24(30-23)19(27)12-26)10-16(13)11-18-8-9-20(31-18)14-4-6-17(25)7-5-14/h2-7,10,18-24,26-29H,8-9,11-12H2,1H3/t18?,19-,20?,21-,22-,23+,24+/m1/s1. The lowest BCUT2D eigenvalue weighted by Crippen LogP contribution is -2.40. The molecule has 4 N–H and O–H groups in total. The summed E-state index contributed by atoms with van der Waals surface area (Å²) in [7, 11) is 0. The van der Waals surface area contributed by atoms with Crippen LogP contribution in [-0.4, -0.2) is 56.7 Å². The molecule has 0 radical (unpaired) electrons. The summed E-state index contributed by atoms with van der Waals surface area (Å²) in [6.07, 6.45) is -2.49. The van der Waals surface area contributed by atoms with E-state index in [9.17, 15) is 19.7 Å². The van der Waals surface area contributed by atoms with E-state index in [0.717, 1.165) is 41.5 Å². The monoisotopic (exact) mass is 448 g/mol. The molecule has 2 saturated heterocycles. The van der Waals surface area contributed by atoms with Crippen molar-refractivity contribution in [3.63, 3.8) is 0 Å². The van der Waals surface area contributed by atoms with Crippen molar-refractivity contribution < 1.29 is 29.6 Å². The number of aliphatic hydroxyl groups is 4. The van der Waals surface area contributed by atoms with Crippen molar-refractivity contribution in [2.24, 2.45) is 0 Å². The predicted octanol–water partition coefficient (Wildman–Crippen LogP) is 2.83. The minimum atomic E-state index is -1.27. The zero-order valence-corrected chi connectivity index (χ0v) is 18.2. The molecule has 7 atom stereocenters. The number of ether oxygens (including phenoxy) is 1. The smallest absolute Gasteiger partial charge is 0.123 e. The lowest BCUT2D eigenvalue weighted by molar-refractivity contribution is -0.0820. The topological polar surface area (TPSA) is 90.2 Å². The van der Waals surface area contributed by atoms with Gasteiger partial charge in [0.05, 0.1) is 6.61 Å². The number of benzene rings is 2. The van der Waals surface area contributed by atoms with Crippen LogP contribution >= 0.6 is 11.8 Å². The maximum absolute atomic E-state index is 13.2. The number of aryl methyl sites for hydroxylation is 1. The molecule has 0 saturated carbocycles. The van der Waals surface area contributed by atoms with Crippen LogP contribution in [0.3, 0.4) is 0 Å². The fourth-order valence-electron chi connectivity index (χ4n) is 4.51. The predicted molar refractivity (Wildman–Crippen MR) is 117 cm³/mol. The summed E-state index contributed by atoms with van der Waals surface area (Å²) in [6.45, 7) is 1.50. The summed E-state index contributed by atoms with van der Waals surface area (Å²) in [5, 5.41) is 40.5. The van der Waals surface area contributed by atoms with E-state index in [1.807, 2.05) is 42.1 Å². The molecule has 2 aromatic carbocycles. The van der Waals surface area contributed by atoms with Crippen LogP contribution in [0.15, 0.2) is 42.5 Å². The highest BCUT2D eigenvalue weighted by Crippen LogP contribution is 2.46. The summed E-state index contributed by atoms with van der Waals surface area (Å²) < 4.78 is 18.9. The fourth-order valence-corrected chi connectivity index (χ4v) is 6.11. The number of thioether (sulfide) groups is 1. The number of halogens is 1. The molecular weight excluding hydrogens is 419 g/mol. The summed E-state index contributed by atoms with van der Waals surface area (Å²) in [5.74, 6) is -0.217. The summed E-state index contributed by atoms with van der Waals surface area (Å²) in [6, 6.07) is 12.6. The van der Waals surface area contributed by atoms with E-state index in [2.05, 4.69) is 6.92 Å². The Balaban J connectivity index is 1.46. The molecule has 0 aromatic heterocycles. The number of rotatable bonds is 6. The molecule has 2 unspecified atom stereocenters. The van der Waals surface area contributed by atoms with Gasteiger partial charge >= 0.3 is 0 Å². The Morgan fingerprint density at radius 3 is 2.48 bits per heavy atom. The van der Waals surface area contributed by atoms with Crippen LogP contribution in [0.5, 0.6) is 0 Å². The van der Waals surface area contributed by atoms with Gasteiger partial charge in [-0.3, -0.25) is 0 Å². The molecule has 2 heterocycles. The van der Waals surface area contributed by atoms with Gasteiger partial charge in [0.1, 0.15) is 36.3 Å². The summed E-state index contributed by atoms with van der Waals surface area (Å²) in [5.41, 5.74) is 4.21. The summed E-state index contributed by atoms with van der Waals surface area (Å²) >= 11 is 1.92. The van der Waals surface area contributed by atoms with Crippen molar-refractivity contribution in [1.29, 1.82) is 0 Å². The van der Waals surface area contributed by atoms with E-state index in [-0.39, 0.29) is 5.82 Å². The van der Waals surface area contributed by atoms with Gasteiger partial charge in [-0.1, -0.05) is 30.3 Å². The van der Waals surface area contributed by atoms with Crippen LogP contribution in [0, 0.1) is 12.7 Å². The van der Waals surface area contributed by atoms with Crippen molar-refractivity contribution in [1.82, 2.24) is 0 Å². The maximum atomic E-state index is 13.2. The first kappa shape index (κ1) is 22.7.